The molecule has 0 aromatic carbocycles. The maximum absolute atomic E-state index is 10.5. The van der Waals surface area contributed by atoms with Crippen LogP contribution in [0.1, 0.15) is 32.6 Å². The van der Waals surface area contributed by atoms with E-state index >= 15 is 0 Å². The lowest BCUT2D eigenvalue weighted by Crippen LogP contribution is -2.42. The standard InChI is InChI=1S/C13H22N4O3/c1-2-13(4-3-5-13)10-14-7-12(18)9-16-8-11(6-15-16)17(19)20/h6,8,12,14,18H,2-5,7,9-10H2,1H3. The van der Waals surface area contributed by atoms with E-state index in [1.54, 1.807) is 0 Å². The van der Waals surface area contributed by atoms with E-state index in [2.05, 4.69) is 17.3 Å². The highest BCUT2D eigenvalue weighted by Gasteiger charge is 2.34. The topological polar surface area (TPSA) is 93.2 Å². The van der Waals surface area contributed by atoms with Gasteiger partial charge in [-0.1, -0.05) is 13.3 Å². The summed E-state index contributed by atoms with van der Waals surface area (Å²) >= 11 is 0. The predicted octanol–water partition coefficient (Wildman–Crippen LogP) is 1.32. The van der Waals surface area contributed by atoms with Crippen molar-refractivity contribution in [2.75, 3.05) is 13.1 Å². The van der Waals surface area contributed by atoms with E-state index in [4.69, 9.17) is 0 Å². The molecule has 2 rings (SSSR count). The monoisotopic (exact) mass is 282 g/mol. The molecule has 7 nitrogen and oxygen atoms in total. The molecule has 0 spiro atoms. The average molecular weight is 282 g/mol. The molecule has 1 aliphatic carbocycles. The van der Waals surface area contributed by atoms with Crippen molar-refractivity contribution in [3.63, 3.8) is 0 Å². The van der Waals surface area contributed by atoms with Crippen molar-refractivity contribution >= 4 is 5.69 Å². The van der Waals surface area contributed by atoms with Gasteiger partial charge in [0.1, 0.15) is 12.4 Å². The Kier molecular flexibility index (Phi) is 4.72. The smallest absolute Gasteiger partial charge is 0.306 e. The minimum absolute atomic E-state index is 0.0513. The van der Waals surface area contributed by atoms with Crippen molar-refractivity contribution in [2.45, 2.75) is 45.3 Å². The molecule has 1 fully saturated rings. The molecule has 0 saturated heterocycles. The lowest BCUT2D eigenvalue weighted by atomic mass is 9.67. The van der Waals surface area contributed by atoms with E-state index in [0.717, 1.165) is 6.54 Å². The Morgan fingerprint density at radius 2 is 2.40 bits per heavy atom. The summed E-state index contributed by atoms with van der Waals surface area (Å²) in [4.78, 5) is 10.0. The van der Waals surface area contributed by atoms with Crippen molar-refractivity contribution in [1.29, 1.82) is 0 Å². The molecule has 1 aliphatic rings. The van der Waals surface area contributed by atoms with Crippen LogP contribution in [0.15, 0.2) is 12.4 Å². The minimum Gasteiger partial charge on any atom is -0.390 e. The molecule has 0 bridgehead atoms. The highest BCUT2D eigenvalue weighted by molar-refractivity contribution is 5.20. The van der Waals surface area contributed by atoms with Crippen LogP contribution in [0, 0.1) is 15.5 Å². The molecule has 0 radical (unpaired) electrons. The van der Waals surface area contributed by atoms with Gasteiger partial charge in [0.25, 0.3) is 0 Å². The Balaban J connectivity index is 1.72. The number of rotatable bonds is 8. The van der Waals surface area contributed by atoms with Gasteiger partial charge in [0.05, 0.1) is 17.6 Å². The summed E-state index contributed by atoms with van der Waals surface area (Å²) in [6.07, 6.45) is 6.93. The van der Waals surface area contributed by atoms with Gasteiger partial charge >= 0.3 is 5.69 Å². The van der Waals surface area contributed by atoms with E-state index in [0.29, 0.717) is 12.0 Å². The van der Waals surface area contributed by atoms with Crippen LogP contribution in [-0.2, 0) is 6.54 Å². The molecule has 20 heavy (non-hydrogen) atoms. The van der Waals surface area contributed by atoms with Crippen LogP contribution >= 0.6 is 0 Å². The first-order valence-electron chi connectivity index (χ1n) is 7.10. The Labute approximate surface area is 118 Å². The number of aliphatic hydroxyl groups excluding tert-OH is 1. The molecule has 1 heterocycles. The maximum Gasteiger partial charge on any atom is 0.306 e. The zero-order chi connectivity index (χ0) is 14.6. The maximum atomic E-state index is 10.5. The van der Waals surface area contributed by atoms with Gasteiger partial charge in [-0.15, -0.1) is 0 Å². The molecule has 1 unspecified atom stereocenters. The molecule has 1 saturated carbocycles. The second-order valence-electron chi connectivity index (χ2n) is 5.67. The first-order chi connectivity index (χ1) is 9.54. The van der Waals surface area contributed by atoms with Crippen LogP contribution in [0.4, 0.5) is 5.69 Å². The largest absolute Gasteiger partial charge is 0.390 e. The zero-order valence-electron chi connectivity index (χ0n) is 11.8. The van der Waals surface area contributed by atoms with E-state index in [1.807, 2.05) is 0 Å². The minimum atomic E-state index is -0.594. The average Bonchev–Trinajstić information content (AvgIpc) is 2.81. The van der Waals surface area contributed by atoms with E-state index < -0.39 is 11.0 Å². The molecule has 0 amide bonds. The fourth-order valence-corrected chi connectivity index (χ4v) is 2.66. The van der Waals surface area contributed by atoms with Crippen LogP contribution in [0.25, 0.3) is 0 Å². The molecule has 1 atom stereocenters. The Hall–Kier alpha value is -1.47. The lowest BCUT2D eigenvalue weighted by Gasteiger charge is -2.41. The third-order valence-electron chi connectivity index (χ3n) is 4.27. The quantitative estimate of drug-likeness (QED) is 0.554. The van der Waals surface area contributed by atoms with Gasteiger partial charge in [-0.05, 0) is 24.7 Å². The second-order valence-corrected chi connectivity index (χ2v) is 5.67. The molecule has 112 valence electrons. The second kappa shape index (κ2) is 6.32. The van der Waals surface area contributed by atoms with Gasteiger partial charge in [-0.3, -0.25) is 14.8 Å². The van der Waals surface area contributed by atoms with Crippen molar-refractivity contribution in [1.82, 2.24) is 15.1 Å². The van der Waals surface area contributed by atoms with Crippen LogP contribution in [0.2, 0.25) is 0 Å². The van der Waals surface area contributed by atoms with Gasteiger partial charge in [0.2, 0.25) is 0 Å². The SMILES string of the molecule is CCC1(CNCC(O)Cn2cc([N+](=O)[O-])cn2)CCC1. The van der Waals surface area contributed by atoms with Gasteiger partial charge in [-0.2, -0.15) is 5.10 Å². The lowest BCUT2D eigenvalue weighted by molar-refractivity contribution is -0.385. The fourth-order valence-electron chi connectivity index (χ4n) is 2.66. The normalized spacial score (nSPS) is 18.5. The van der Waals surface area contributed by atoms with Crippen LogP contribution in [0.5, 0.6) is 0 Å². The first kappa shape index (κ1) is 14.9. The van der Waals surface area contributed by atoms with E-state index in [-0.39, 0.29) is 12.2 Å². The van der Waals surface area contributed by atoms with Gasteiger partial charge < -0.3 is 10.4 Å². The summed E-state index contributed by atoms with van der Waals surface area (Å²) < 4.78 is 1.41. The number of nitrogens with one attached hydrogen (secondary N) is 1. The van der Waals surface area contributed by atoms with E-state index in [9.17, 15) is 15.2 Å². The number of hydrogen-bond acceptors (Lipinski definition) is 5. The molecule has 1 aromatic heterocycles. The summed E-state index contributed by atoms with van der Waals surface area (Å²) in [5.74, 6) is 0. The van der Waals surface area contributed by atoms with Crippen molar-refractivity contribution in [2.24, 2.45) is 5.41 Å². The Morgan fingerprint density at radius 3 is 2.90 bits per heavy atom. The fraction of sp³-hybridized carbons (Fsp3) is 0.769. The zero-order valence-corrected chi connectivity index (χ0v) is 11.8. The van der Waals surface area contributed by atoms with Gasteiger partial charge in [0.15, 0.2) is 0 Å². The summed E-state index contributed by atoms with van der Waals surface area (Å²) in [6, 6.07) is 0. The molecule has 1 aromatic rings. The van der Waals surface area contributed by atoms with Crippen molar-refractivity contribution < 1.29 is 10.0 Å². The van der Waals surface area contributed by atoms with Crippen molar-refractivity contribution in [3.05, 3.63) is 22.5 Å². The number of aromatic nitrogens is 2. The van der Waals surface area contributed by atoms with Crippen LogP contribution in [-0.4, -0.2) is 39.0 Å². The number of hydrogen-bond donors (Lipinski definition) is 2. The third-order valence-corrected chi connectivity index (χ3v) is 4.27. The molecule has 2 N–H and O–H groups in total. The molecule has 7 heteroatoms. The summed E-state index contributed by atoms with van der Waals surface area (Å²) in [7, 11) is 0. The Bertz CT molecular complexity index is 451. The summed E-state index contributed by atoms with van der Waals surface area (Å²) in [6.45, 7) is 3.88. The van der Waals surface area contributed by atoms with Gasteiger partial charge in [-0.25, -0.2) is 0 Å². The summed E-state index contributed by atoms with van der Waals surface area (Å²) in [5.41, 5.74) is 0.370. The number of nitro groups is 1. The highest BCUT2D eigenvalue weighted by atomic mass is 16.6. The van der Waals surface area contributed by atoms with Crippen molar-refractivity contribution in [3.8, 4) is 0 Å². The van der Waals surface area contributed by atoms with Crippen LogP contribution < -0.4 is 5.32 Å². The Morgan fingerprint density at radius 1 is 1.65 bits per heavy atom. The molecular formula is C13H22N4O3. The number of nitrogens with zero attached hydrogens (tertiary/aromatic N) is 3. The van der Waals surface area contributed by atoms with Gasteiger partial charge in [0, 0.05) is 13.1 Å². The summed E-state index contributed by atoms with van der Waals surface area (Å²) in [5, 5.41) is 27.6. The van der Waals surface area contributed by atoms with E-state index in [1.165, 1.54) is 42.8 Å². The predicted molar refractivity (Wildman–Crippen MR) is 74.3 cm³/mol. The van der Waals surface area contributed by atoms with Crippen LogP contribution in [0.3, 0.4) is 0 Å². The molecule has 0 aliphatic heterocycles. The highest BCUT2D eigenvalue weighted by Crippen LogP contribution is 2.42. The first-order valence-corrected chi connectivity index (χ1v) is 7.10. The third kappa shape index (κ3) is 3.55. The molecular weight excluding hydrogens is 260 g/mol. The number of aliphatic hydroxyl groups is 1.